The van der Waals surface area contributed by atoms with Crippen molar-refractivity contribution in [2.24, 2.45) is 5.92 Å². The van der Waals surface area contributed by atoms with Gasteiger partial charge in [0.15, 0.2) is 0 Å². The van der Waals surface area contributed by atoms with Crippen molar-refractivity contribution < 1.29 is 19.1 Å². The van der Waals surface area contributed by atoms with Crippen molar-refractivity contribution in [1.29, 1.82) is 0 Å². The van der Waals surface area contributed by atoms with Gasteiger partial charge in [-0.1, -0.05) is 0 Å². The van der Waals surface area contributed by atoms with Crippen molar-refractivity contribution in [1.82, 2.24) is 10.2 Å². The van der Waals surface area contributed by atoms with E-state index in [4.69, 9.17) is 0 Å². The first kappa shape index (κ1) is 13.5. The first-order valence-electron chi connectivity index (χ1n) is 5.77. The molecule has 0 spiro atoms. The van der Waals surface area contributed by atoms with Gasteiger partial charge in [0.1, 0.15) is 0 Å². The van der Waals surface area contributed by atoms with Gasteiger partial charge in [-0.15, -0.1) is 0 Å². The van der Waals surface area contributed by atoms with Crippen LogP contribution in [0.25, 0.3) is 0 Å². The number of nitrogens with one attached hydrogen (secondary N) is 1. The molecule has 0 radical (unpaired) electrons. The number of rotatable bonds is 2. The van der Waals surface area contributed by atoms with Crippen LogP contribution in [0.4, 0.5) is 0 Å². The lowest BCUT2D eigenvalue weighted by Crippen LogP contribution is -2.45. The van der Waals surface area contributed by atoms with Gasteiger partial charge in [-0.3, -0.25) is 9.59 Å². The topological polar surface area (TPSA) is 75.7 Å². The van der Waals surface area contributed by atoms with Crippen LogP contribution in [0.3, 0.4) is 0 Å². The number of hydrogen-bond acceptors (Lipinski definition) is 4. The second-order valence-electron chi connectivity index (χ2n) is 3.90. The zero-order chi connectivity index (χ0) is 12.8. The summed E-state index contributed by atoms with van der Waals surface area (Å²) in [6.07, 6.45) is 1.18. The Balaban J connectivity index is 2.44. The molecular weight excluding hydrogens is 224 g/mol. The molecule has 0 saturated carbocycles. The van der Waals surface area contributed by atoms with Gasteiger partial charge >= 0.3 is 11.9 Å². The Hall–Kier alpha value is -1.59. The van der Waals surface area contributed by atoms with Crippen LogP contribution in [-0.2, 0) is 19.1 Å². The zero-order valence-corrected chi connectivity index (χ0v) is 10.2. The van der Waals surface area contributed by atoms with Crippen molar-refractivity contribution >= 4 is 17.8 Å². The average Bonchev–Trinajstić information content (AvgIpc) is 2.37. The molecule has 1 saturated heterocycles. The van der Waals surface area contributed by atoms with E-state index in [0.717, 1.165) is 0 Å². The Morgan fingerprint density at radius 1 is 1.29 bits per heavy atom. The quantitative estimate of drug-likeness (QED) is 0.525. The van der Waals surface area contributed by atoms with Crippen LogP contribution in [0.2, 0.25) is 0 Å². The molecule has 0 aromatic carbocycles. The largest absolute Gasteiger partial charge is 0.459 e. The van der Waals surface area contributed by atoms with E-state index >= 15 is 0 Å². The molecule has 17 heavy (non-hydrogen) atoms. The maximum absolute atomic E-state index is 11.6. The molecule has 1 fully saturated rings. The Labute approximate surface area is 100 Å². The minimum atomic E-state index is -0.814. The van der Waals surface area contributed by atoms with Crippen molar-refractivity contribution in [2.45, 2.75) is 19.8 Å². The van der Waals surface area contributed by atoms with Gasteiger partial charge in [0.05, 0.1) is 6.61 Å². The fourth-order valence-corrected chi connectivity index (χ4v) is 1.87. The van der Waals surface area contributed by atoms with Gasteiger partial charge in [-0.05, 0) is 19.8 Å². The molecule has 0 aliphatic carbocycles. The lowest BCUT2D eigenvalue weighted by molar-refractivity contribution is -0.160. The number of piperidine rings is 1. The number of amides is 2. The molecule has 1 aliphatic rings. The molecule has 1 aliphatic heterocycles. The van der Waals surface area contributed by atoms with E-state index in [2.05, 4.69) is 10.1 Å². The second kappa shape index (κ2) is 6.22. The first-order chi connectivity index (χ1) is 8.10. The molecule has 6 nitrogen and oxygen atoms in total. The third-order valence-corrected chi connectivity index (χ3v) is 2.85. The van der Waals surface area contributed by atoms with Crippen molar-refractivity contribution in [2.75, 3.05) is 26.7 Å². The van der Waals surface area contributed by atoms with Crippen LogP contribution < -0.4 is 5.32 Å². The van der Waals surface area contributed by atoms with Gasteiger partial charge in [0.2, 0.25) is 5.91 Å². The summed E-state index contributed by atoms with van der Waals surface area (Å²) in [5, 5.41) is 2.59. The SMILES string of the molecule is CCOC(=O)C(=O)N1CCC(C(=O)NC)CC1. The standard InChI is InChI=1S/C11H18N2O4/c1-3-17-11(16)10(15)13-6-4-8(5-7-13)9(14)12-2/h8H,3-7H2,1-2H3,(H,12,14). The zero-order valence-electron chi connectivity index (χ0n) is 10.2. The molecule has 6 heteroatoms. The smallest absolute Gasteiger partial charge is 0.397 e. The van der Waals surface area contributed by atoms with Gasteiger partial charge in [0, 0.05) is 26.1 Å². The van der Waals surface area contributed by atoms with Crippen molar-refractivity contribution in [3.8, 4) is 0 Å². The number of nitrogens with zero attached hydrogens (tertiary/aromatic N) is 1. The highest BCUT2D eigenvalue weighted by molar-refractivity contribution is 6.32. The summed E-state index contributed by atoms with van der Waals surface area (Å²) in [5.74, 6) is -1.49. The molecule has 96 valence electrons. The molecule has 1 heterocycles. The minimum Gasteiger partial charge on any atom is -0.459 e. The Bertz CT molecular complexity index is 309. The number of carbonyl (C=O) groups is 3. The van der Waals surface area contributed by atoms with E-state index in [1.54, 1.807) is 14.0 Å². The minimum absolute atomic E-state index is 0.00627. The number of carbonyl (C=O) groups excluding carboxylic acids is 3. The van der Waals surface area contributed by atoms with E-state index in [1.807, 2.05) is 0 Å². The molecular formula is C11H18N2O4. The molecule has 0 atom stereocenters. The number of ether oxygens (including phenoxy) is 1. The third-order valence-electron chi connectivity index (χ3n) is 2.85. The first-order valence-corrected chi connectivity index (χ1v) is 5.77. The normalized spacial score (nSPS) is 16.5. The van der Waals surface area contributed by atoms with Gasteiger partial charge < -0.3 is 15.0 Å². The number of hydrogen-bond donors (Lipinski definition) is 1. The summed E-state index contributed by atoms with van der Waals surface area (Å²) in [6, 6.07) is 0. The monoisotopic (exact) mass is 242 g/mol. The summed E-state index contributed by atoms with van der Waals surface area (Å²) >= 11 is 0. The fourth-order valence-electron chi connectivity index (χ4n) is 1.87. The molecule has 0 aromatic rings. The maximum Gasteiger partial charge on any atom is 0.397 e. The van der Waals surface area contributed by atoms with E-state index in [1.165, 1.54) is 4.90 Å². The molecule has 1 rings (SSSR count). The average molecular weight is 242 g/mol. The lowest BCUT2D eigenvalue weighted by Gasteiger charge is -2.30. The highest BCUT2D eigenvalue weighted by Gasteiger charge is 2.30. The maximum atomic E-state index is 11.6. The van der Waals surface area contributed by atoms with Crippen molar-refractivity contribution in [3.63, 3.8) is 0 Å². The van der Waals surface area contributed by atoms with Gasteiger partial charge in [-0.25, -0.2) is 4.79 Å². The predicted octanol–water partition coefficient (Wildman–Crippen LogP) is -0.466. The van der Waals surface area contributed by atoms with Crippen LogP contribution in [0.15, 0.2) is 0 Å². The van der Waals surface area contributed by atoms with E-state index in [-0.39, 0.29) is 18.4 Å². The van der Waals surface area contributed by atoms with Crippen LogP contribution in [-0.4, -0.2) is 49.4 Å². The summed E-state index contributed by atoms with van der Waals surface area (Å²) in [6.45, 7) is 2.70. The summed E-state index contributed by atoms with van der Waals surface area (Å²) in [7, 11) is 1.60. The molecule has 0 bridgehead atoms. The molecule has 1 N–H and O–H groups in total. The number of likely N-dealkylation sites (tertiary alicyclic amines) is 1. The predicted molar refractivity (Wildman–Crippen MR) is 60.0 cm³/mol. The van der Waals surface area contributed by atoms with Crippen molar-refractivity contribution in [3.05, 3.63) is 0 Å². The van der Waals surface area contributed by atoms with Crippen LogP contribution in [0.1, 0.15) is 19.8 Å². The Morgan fingerprint density at radius 2 is 1.88 bits per heavy atom. The van der Waals surface area contributed by atoms with Crippen LogP contribution in [0, 0.1) is 5.92 Å². The summed E-state index contributed by atoms with van der Waals surface area (Å²) < 4.78 is 4.64. The fraction of sp³-hybridized carbons (Fsp3) is 0.727. The van der Waals surface area contributed by atoms with Gasteiger partial charge in [-0.2, -0.15) is 0 Å². The number of esters is 1. The third kappa shape index (κ3) is 3.44. The highest BCUT2D eigenvalue weighted by atomic mass is 16.5. The second-order valence-corrected chi connectivity index (χ2v) is 3.90. The summed E-state index contributed by atoms with van der Waals surface area (Å²) in [5.41, 5.74) is 0. The van der Waals surface area contributed by atoms with Gasteiger partial charge in [0.25, 0.3) is 0 Å². The molecule has 0 aromatic heterocycles. The Kier molecular flexibility index (Phi) is 4.93. The highest BCUT2D eigenvalue weighted by Crippen LogP contribution is 2.17. The Morgan fingerprint density at radius 3 is 2.35 bits per heavy atom. The van der Waals surface area contributed by atoms with Crippen LogP contribution in [0.5, 0.6) is 0 Å². The summed E-state index contributed by atoms with van der Waals surface area (Å²) in [4.78, 5) is 35.6. The molecule has 0 unspecified atom stereocenters. The van der Waals surface area contributed by atoms with E-state index in [0.29, 0.717) is 25.9 Å². The van der Waals surface area contributed by atoms with Crippen LogP contribution >= 0.6 is 0 Å². The van der Waals surface area contributed by atoms with E-state index in [9.17, 15) is 14.4 Å². The lowest BCUT2D eigenvalue weighted by atomic mass is 9.96. The van der Waals surface area contributed by atoms with E-state index < -0.39 is 11.9 Å². The molecule has 2 amide bonds.